The molecule has 1 saturated heterocycles. The lowest BCUT2D eigenvalue weighted by Crippen LogP contribution is -2.38. The molecule has 0 radical (unpaired) electrons. The number of ether oxygens (including phenoxy) is 2. The van der Waals surface area contributed by atoms with Gasteiger partial charge in [-0.1, -0.05) is 12.1 Å². The smallest absolute Gasteiger partial charge is 0.221 e. The van der Waals surface area contributed by atoms with Gasteiger partial charge in [-0.2, -0.15) is 0 Å². The van der Waals surface area contributed by atoms with E-state index in [0.717, 1.165) is 70.4 Å². The summed E-state index contributed by atoms with van der Waals surface area (Å²) in [6.07, 6.45) is 3.05. The van der Waals surface area contributed by atoms with Gasteiger partial charge in [0.1, 0.15) is 0 Å². The maximum Gasteiger partial charge on any atom is 0.221 e. The molecule has 0 saturated carbocycles. The number of aliphatic imine (C=N–C) groups is 1. The molecule has 8 heteroatoms. The van der Waals surface area contributed by atoms with Crippen molar-refractivity contribution in [2.45, 2.75) is 39.2 Å². The van der Waals surface area contributed by atoms with E-state index in [0.29, 0.717) is 0 Å². The van der Waals surface area contributed by atoms with E-state index >= 15 is 0 Å². The second-order valence-electron chi connectivity index (χ2n) is 6.53. The number of rotatable bonds is 10. The molecule has 3 N–H and O–H groups in total. The van der Waals surface area contributed by atoms with Crippen LogP contribution in [0.15, 0.2) is 29.3 Å². The Morgan fingerprint density at radius 3 is 2.71 bits per heavy atom. The van der Waals surface area contributed by atoms with E-state index in [1.807, 2.05) is 24.3 Å². The largest absolute Gasteiger partial charge is 0.379 e. The molecule has 1 aromatic rings. The summed E-state index contributed by atoms with van der Waals surface area (Å²) < 4.78 is 11.1. The maximum atomic E-state index is 11.0. The Balaban J connectivity index is 0.00000392. The lowest BCUT2D eigenvalue weighted by Gasteiger charge is -2.12. The van der Waals surface area contributed by atoms with Crippen LogP contribution in [-0.2, 0) is 20.7 Å². The predicted molar refractivity (Wildman–Crippen MR) is 124 cm³/mol. The number of carbonyl (C=O) groups excluding carboxylic acids is 1. The average Bonchev–Trinajstić information content (AvgIpc) is 3.16. The van der Waals surface area contributed by atoms with E-state index in [2.05, 4.69) is 27.9 Å². The van der Waals surface area contributed by atoms with Crippen molar-refractivity contribution in [3.63, 3.8) is 0 Å². The molecule has 0 spiro atoms. The second kappa shape index (κ2) is 14.6. The van der Waals surface area contributed by atoms with Crippen LogP contribution in [0.4, 0.5) is 5.69 Å². The van der Waals surface area contributed by atoms with Crippen molar-refractivity contribution in [3.05, 3.63) is 29.8 Å². The molecule has 1 heterocycles. The van der Waals surface area contributed by atoms with Crippen LogP contribution in [0.25, 0.3) is 0 Å². The van der Waals surface area contributed by atoms with Gasteiger partial charge in [-0.15, -0.1) is 24.0 Å². The number of anilines is 1. The molecule has 28 heavy (non-hydrogen) atoms. The summed E-state index contributed by atoms with van der Waals surface area (Å²) in [6.45, 7) is 8.17. The van der Waals surface area contributed by atoms with E-state index in [4.69, 9.17) is 9.47 Å². The van der Waals surface area contributed by atoms with Gasteiger partial charge in [-0.3, -0.25) is 9.79 Å². The molecule has 1 amide bonds. The first kappa shape index (κ1) is 24.6. The molecule has 1 aliphatic heterocycles. The summed E-state index contributed by atoms with van der Waals surface area (Å²) in [7, 11) is 0. The number of guanidine groups is 1. The fraction of sp³-hybridized carbons (Fsp3) is 0.600. The summed E-state index contributed by atoms with van der Waals surface area (Å²) >= 11 is 0. The van der Waals surface area contributed by atoms with Crippen LogP contribution in [0.1, 0.15) is 32.3 Å². The Bertz CT molecular complexity index is 590. The van der Waals surface area contributed by atoms with Gasteiger partial charge in [-0.05, 0) is 43.9 Å². The van der Waals surface area contributed by atoms with Crippen LogP contribution in [0, 0.1) is 0 Å². The van der Waals surface area contributed by atoms with Crippen LogP contribution in [0.2, 0.25) is 0 Å². The Hall–Kier alpha value is -1.39. The minimum absolute atomic E-state index is 0. The number of nitrogens with one attached hydrogen (secondary N) is 3. The first-order chi connectivity index (χ1) is 13.2. The normalized spacial score (nSPS) is 16.4. The quantitative estimate of drug-likeness (QED) is 0.198. The molecular formula is C20H33IN4O3. The van der Waals surface area contributed by atoms with E-state index in [1.165, 1.54) is 12.5 Å². The zero-order valence-corrected chi connectivity index (χ0v) is 19.2. The van der Waals surface area contributed by atoms with Gasteiger partial charge >= 0.3 is 0 Å². The van der Waals surface area contributed by atoms with Gasteiger partial charge in [0, 0.05) is 45.5 Å². The maximum absolute atomic E-state index is 11.0. The van der Waals surface area contributed by atoms with Crippen LogP contribution in [0.5, 0.6) is 0 Å². The third kappa shape index (κ3) is 10.2. The van der Waals surface area contributed by atoms with E-state index in [9.17, 15) is 4.79 Å². The van der Waals surface area contributed by atoms with Crippen LogP contribution in [-0.4, -0.2) is 57.4 Å². The van der Waals surface area contributed by atoms with Crippen molar-refractivity contribution in [1.82, 2.24) is 10.6 Å². The monoisotopic (exact) mass is 504 g/mol. The topological polar surface area (TPSA) is 84.0 Å². The summed E-state index contributed by atoms with van der Waals surface area (Å²) in [4.78, 5) is 15.6. The van der Waals surface area contributed by atoms with Crippen LogP contribution in [0.3, 0.4) is 0 Å². The molecule has 158 valence electrons. The number of carbonyl (C=O) groups is 1. The first-order valence-corrected chi connectivity index (χ1v) is 9.75. The third-order valence-electron chi connectivity index (χ3n) is 4.14. The summed E-state index contributed by atoms with van der Waals surface area (Å²) in [5, 5.41) is 9.39. The molecule has 1 aliphatic rings. The lowest BCUT2D eigenvalue weighted by atomic mass is 10.1. The Morgan fingerprint density at radius 2 is 2.07 bits per heavy atom. The molecule has 0 aliphatic carbocycles. The van der Waals surface area contributed by atoms with Crippen molar-refractivity contribution < 1.29 is 14.3 Å². The van der Waals surface area contributed by atoms with Gasteiger partial charge in [0.2, 0.25) is 5.91 Å². The van der Waals surface area contributed by atoms with Gasteiger partial charge in [-0.25, -0.2) is 0 Å². The van der Waals surface area contributed by atoms with Crippen molar-refractivity contribution in [2.75, 3.05) is 44.8 Å². The lowest BCUT2D eigenvalue weighted by molar-refractivity contribution is -0.114. The van der Waals surface area contributed by atoms with Crippen LogP contribution >= 0.6 is 24.0 Å². The standard InChI is InChI=1S/C20H32N4O3.HI/c1-3-21-20(22-11-4-13-27-19-10-14-26-15-19)23-12-9-17-5-7-18(8-6-17)24-16(2)25;/h5-8,19H,3-4,9-15H2,1-2H3,(H,24,25)(H2,21,22,23);1H. The Labute approximate surface area is 185 Å². The van der Waals surface area contributed by atoms with Gasteiger partial charge < -0.3 is 25.4 Å². The van der Waals surface area contributed by atoms with Gasteiger partial charge in [0.05, 0.1) is 12.7 Å². The fourth-order valence-corrected chi connectivity index (χ4v) is 2.77. The SMILES string of the molecule is CCNC(=NCCCOC1CCOC1)NCCc1ccc(NC(C)=O)cc1.I. The highest BCUT2D eigenvalue weighted by Crippen LogP contribution is 2.10. The Morgan fingerprint density at radius 1 is 1.29 bits per heavy atom. The van der Waals surface area contributed by atoms with E-state index < -0.39 is 0 Å². The Kier molecular flexibility index (Phi) is 12.8. The molecular weight excluding hydrogens is 471 g/mol. The number of benzene rings is 1. The summed E-state index contributed by atoms with van der Waals surface area (Å²) in [6, 6.07) is 7.90. The summed E-state index contributed by atoms with van der Waals surface area (Å²) in [5.41, 5.74) is 2.03. The minimum atomic E-state index is -0.0575. The first-order valence-electron chi connectivity index (χ1n) is 9.75. The molecule has 1 unspecified atom stereocenters. The number of halogens is 1. The third-order valence-corrected chi connectivity index (χ3v) is 4.14. The number of amides is 1. The summed E-state index contributed by atoms with van der Waals surface area (Å²) in [5.74, 6) is 0.773. The highest BCUT2D eigenvalue weighted by Gasteiger charge is 2.15. The molecule has 0 bridgehead atoms. The van der Waals surface area contributed by atoms with Gasteiger partial charge in [0.15, 0.2) is 5.96 Å². The van der Waals surface area contributed by atoms with Crippen molar-refractivity contribution in [3.8, 4) is 0 Å². The number of hydrogen-bond donors (Lipinski definition) is 3. The molecule has 7 nitrogen and oxygen atoms in total. The second-order valence-corrected chi connectivity index (χ2v) is 6.53. The molecule has 1 aromatic carbocycles. The van der Waals surface area contributed by atoms with Crippen molar-refractivity contribution in [2.24, 2.45) is 4.99 Å². The minimum Gasteiger partial charge on any atom is -0.379 e. The number of nitrogens with zero attached hydrogens (tertiary/aromatic N) is 1. The number of hydrogen-bond acceptors (Lipinski definition) is 4. The van der Waals surface area contributed by atoms with Gasteiger partial charge in [0.25, 0.3) is 0 Å². The highest BCUT2D eigenvalue weighted by atomic mass is 127. The molecule has 2 rings (SSSR count). The molecule has 0 aromatic heterocycles. The molecule has 1 fully saturated rings. The van der Waals surface area contributed by atoms with Crippen LogP contribution < -0.4 is 16.0 Å². The van der Waals surface area contributed by atoms with Crippen molar-refractivity contribution in [1.29, 1.82) is 0 Å². The van der Waals surface area contributed by atoms with E-state index in [1.54, 1.807) is 0 Å². The zero-order valence-electron chi connectivity index (χ0n) is 16.8. The highest BCUT2D eigenvalue weighted by molar-refractivity contribution is 14.0. The molecule has 1 atom stereocenters. The zero-order chi connectivity index (χ0) is 19.3. The predicted octanol–water partition coefficient (Wildman–Crippen LogP) is 2.56. The fourth-order valence-electron chi connectivity index (χ4n) is 2.77. The van der Waals surface area contributed by atoms with E-state index in [-0.39, 0.29) is 36.0 Å². The van der Waals surface area contributed by atoms with Crippen molar-refractivity contribution >= 4 is 41.5 Å². The average molecular weight is 504 g/mol.